The van der Waals surface area contributed by atoms with E-state index in [-0.39, 0.29) is 17.9 Å². The zero-order chi connectivity index (χ0) is 8.97. The lowest BCUT2D eigenvalue weighted by Gasteiger charge is -2.00. The van der Waals surface area contributed by atoms with Crippen LogP contribution in [0.4, 0.5) is 0 Å². The van der Waals surface area contributed by atoms with Crippen LogP contribution in [0.5, 0.6) is 5.75 Å². The molecule has 62 valence electrons. The van der Waals surface area contributed by atoms with Gasteiger partial charge < -0.3 is 10.3 Å². The van der Waals surface area contributed by atoms with E-state index in [4.69, 9.17) is 15.6 Å². The number of nitriles is 1. The van der Waals surface area contributed by atoms with Gasteiger partial charge in [0, 0.05) is 6.54 Å². The van der Waals surface area contributed by atoms with Crippen molar-refractivity contribution in [3.8, 4) is 11.8 Å². The van der Waals surface area contributed by atoms with Crippen LogP contribution in [0, 0.1) is 11.3 Å². The van der Waals surface area contributed by atoms with Crippen LogP contribution in [0.2, 0.25) is 0 Å². The van der Waals surface area contributed by atoms with Gasteiger partial charge in [-0.2, -0.15) is 5.26 Å². The number of hydroxylamine groups is 1. The Morgan fingerprint density at radius 2 is 2.25 bits per heavy atom. The molecule has 0 saturated carbocycles. The first-order chi connectivity index (χ1) is 5.77. The lowest BCUT2D eigenvalue weighted by atomic mass is 10.1. The highest BCUT2D eigenvalue weighted by Gasteiger charge is 2.00. The maximum atomic E-state index is 9.10. The predicted octanol–water partition coefficient (Wildman–Crippen LogP) is 0.743. The summed E-state index contributed by atoms with van der Waals surface area (Å²) < 4.78 is 0. The fraction of sp³-hybridized carbons (Fsp3) is 0.125. The quantitative estimate of drug-likeness (QED) is 0.563. The molecule has 4 heteroatoms. The number of rotatable bonds is 2. The predicted molar refractivity (Wildman–Crippen MR) is 41.4 cm³/mol. The lowest BCUT2D eigenvalue weighted by molar-refractivity contribution is 0.161. The van der Waals surface area contributed by atoms with Crippen LogP contribution in [-0.2, 0) is 6.54 Å². The second-order valence-electron chi connectivity index (χ2n) is 2.30. The monoisotopic (exact) mass is 164 g/mol. The number of aromatic hydroxyl groups is 1. The Labute approximate surface area is 69.6 Å². The molecule has 1 aromatic rings. The number of phenols is 1. The summed E-state index contributed by atoms with van der Waals surface area (Å²) in [6.45, 7) is 0.259. The Kier molecular flexibility index (Phi) is 2.64. The van der Waals surface area contributed by atoms with E-state index in [1.165, 1.54) is 12.1 Å². The lowest BCUT2D eigenvalue weighted by Crippen LogP contribution is -2.05. The summed E-state index contributed by atoms with van der Waals surface area (Å²) in [5.74, 6) is -0.0424. The molecule has 0 aliphatic carbocycles. The molecule has 0 amide bonds. The summed E-state index contributed by atoms with van der Waals surface area (Å²) in [6, 6.07) is 6.39. The molecule has 0 atom stereocenters. The van der Waals surface area contributed by atoms with Crippen molar-refractivity contribution in [2.24, 2.45) is 0 Å². The normalized spacial score (nSPS) is 9.33. The molecular weight excluding hydrogens is 156 g/mol. The van der Waals surface area contributed by atoms with E-state index in [9.17, 15) is 0 Å². The SMILES string of the molecule is N#Cc1cc(CNO)ccc1O. The molecule has 4 nitrogen and oxygen atoms in total. The second-order valence-corrected chi connectivity index (χ2v) is 2.30. The molecule has 0 bridgehead atoms. The molecule has 0 aliphatic heterocycles. The molecule has 1 aromatic carbocycles. The van der Waals surface area contributed by atoms with Gasteiger partial charge >= 0.3 is 0 Å². The van der Waals surface area contributed by atoms with Gasteiger partial charge in [-0.25, -0.2) is 5.48 Å². The van der Waals surface area contributed by atoms with Gasteiger partial charge in [-0.15, -0.1) is 0 Å². The van der Waals surface area contributed by atoms with Crippen molar-refractivity contribution in [2.75, 3.05) is 0 Å². The molecule has 1 rings (SSSR count). The molecule has 12 heavy (non-hydrogen) atoms. The molecule has 0 saturated heterocycles. The third-order valence-electron chi connectivity index (χ3n) is 1.46. The summed E-state index contributed by atoms with van der Waals surface area (Å²) in [4.78, 5) is 0. The second kappa shape index (κ2) is 3.72. The Morgan fingerprint density at radius 1 is 1.50 bits per heavy atom. The van der Waals surface area contributed by atoms with Crippen LogP contribution in [0.15, 0.2) is 18.2 Å². The molecule has 0 unspecified atom stereocenters. The number of nitrogens with zero attached hydrogens (tertiary/aromatic N) is 1. The van der Waals surface area contributed by atoms with Crippen LogP contribution < -0.4 is 5.48 Å². The first-order valence-corrected chi connectivity index (χ1v) is 3.37. The third kappa shape index (κ3) is 1.72. The van der Waals surface area contributed by atoms with Gasteiger partial charge in [-0.1, -0.05) is 6.07 Å². The molecule has 0 aromatic heterocycles. The minimum Gasteiger partial charge on any atom is -0.507 e. The number of benzene rings is 1. The van der Waals surface area contributed by atoms with Crippen molar-refractivity contribution in [3.63, 3.8) is 0 Å². The first-order valence-electron chi connectivity index (χ1n) is 3.37. The molecule has 3 N–H and O–H groups in total. The summed E-state index contributed by atoms with van der Waals surface area (Å²) in [6.07, 6.45) is 0. The van der Waals surface area contributed by atoms with Crippen molar-refractivity contribution in [2.45, 2.75) is 6.54 Å². The Balaban J connectivity index is 2.99. The molecule has 0 aliphatic rings. The van der Waals surface area contributed by atoms with Crippen molar-refractivity contribution >= 4 is 0 Å². The Bertz CT molecular complexity index is 317. The summed E-state index contributed by atoms with van der Waals surface area (Å²) in [5, 5.41) is 26.0. The standard InChI is InChI=1S/C8H8N2O2/c9-4-7-3-6(5-10-12)1-2-8(7)11/h1-3,10-12H,5H2. The number of nitrogens with one attached hydrogen (secondary N) is 1. The average Bonchev–Trinajstić information content (AvgIpc) is 2.09. The topological polar surface area (TPSA) is 76.3 Å². The van der Waals surface area contributed by atoms with E-state index in [1.54, 1.807) is 6.07 Å². The summed E-state index contributed by atoms with van der Waals surface area (Å²) in [7, 11) is 0. The van der Waals surface area contributed by atoms with E-state index < -0.39 is 0 Å². The van der Waals surface area contributed by atoms with Gasteiger partial charge in [0.05, 0.1) is 5.56 Å². The molecule has 0 heterocycles. The van der Waals surface area contributed by atoms with Crippen LogP contribution in [0.1, 0.15) is 11.1 Å². The van der Waals surface area contributed by atoms with Gasteiger partial charge in [0.25, 0.3) is 0 Å². The maximum Gasteiger partial charge on any atom is 0.133 e. The maximum absolute atomic E-state index is 9.10. The zero-order valence-electron chi connectivity index (χ0n) is 6.28. The van der Waals surface area contributed by atoms with Crippen LogP contribution in [0.25, 0.3) is 0 Å². The number of hydrogen-bond acceptors (Lipinski definition) is 4. The van der Waals surface area contributed by atoms with Crippen molar-refractivity contribution in [1.82, 2.24) is 5.48 Å². The Hall–Kier alpha value is -1.57. The van der Waals surface area contributed by atoms with Crippen LogP contribution >= 0.6 is 0 Å². The van der Waals surface area contributed by atoms with E-state index in [0.29, 0.717) is 0 Å². The summed E-state index contributed by atoms with van der Waals surface area (Å²) >= 11 is 0. The minimum atomic E-state index is -0.0424. The van der Waals surface area contributed by atoms with E-state index >= 15 is 0 Å². The molecule has 0 radical (unpaired) electrons. The smallest absolute Gasteiger partial charge is 0.133 e. The molecule has 0 spiro atoms. The van der Waals surface area contributed by atoms with Crippen LogP contribution in [0.3, 0.4) is 0 Å². The summed E-state index contributed by atoms with van der Waals surface area (Å²) in [5.41, 5.74) is 2.92. The highest BCUT2D eigenvalue weighted by molar-refractivity contribution is 5.44. The highest BCUT2D eigenvalue weighted by atomic mass is 16.5. The third-order valence-corrected chi connectivity index (χ3v) is 1.46. The Morgan fingerprint density at radius 3 is 2.83 bits per heavy atom. The highest BCUT2D eigenvalue weighted by Crippen LogP contribution is 2.16. The average molecular weight is 164 g/mol. The van der Waals surface area contributed by atoms with Gasteiger partial charge in [0.1, 0.15) is 11.8 Å². The largest absolute Gasteiger partial charge is 0.507 e. The first kappa shape index (κ1) is 8.53. The van der Waals surface area contributed by atoms with E-state index in [0.717, 1.165) is 5.56 Å². The molecular formula is C8H8N2O2. The number of phenolic OH excluding ortho intramolecular Hbond substituents is 1. The van der Waals surface area contributed by atoms with Crippen LogP contribution in [-0.4, -0.2) is 10.3 Å². The fourth-order valence-electron chi connectivity index (χ4n) is 0.874. The van der Waals surface area contributed by atoms with Gasteiger partial charge in [-0.3, -0.25) is 0 Å². The number of hydrogen-bond donors (Lipinski definition) is 3. The van der Waals surface area contributed by atoms with E-state index in [2.05, 4.69) is 0 Å². The minimum absolute atomic E-state index is 0.0424. The van der Waals surface area contributed by atoms with Crippen molar-refractivity contribution < 1.29 is 10.3 Å². The molecule has 0 fully saturated rings. The van der Waals surface area contributed by atoms with Crippen molar-refractivity contribution in [3.05, 3.63) is 29.3 Å². The van der Waals surface area contributed by atoms with E-state index in [1.807, 2.05) is 11.5 Å². The fourth-order valence-corrected chi connectivity index (χ4v) is 0.874. The van der Waals surface area contributed by atoms with Crippen molar-refractivity contribution in [1.29, 1.82) is 5.26 Å². The van der Waals surface area contributed by atoms with Gasteiger partial charge in [0.2, 0.25) is 0 Å². The van der Waals surface area contributed by atoms with Gasteiger partial charge in [0.15, 0.2) is 0 Å². The zero-order valence-corrected chi connectivity index (χ0v) is 6.28. The van der Waals surface area contributed by atoms with Gasteiger partial charge in [-0.05, 0) is 17.7 Å².